The van der Waals surface area contributed by atoms with Gasteiger partial charge in [0.05, 0.1) is 17.4 Å². The van der Waals surface area contributed by atoms with Crippen molar-refractivity contribution in [1.82, 2.24) is 29.5 Å². The molecule has 2 aromatic carbocycles. The van der Waals surface area contributed by atoms with Gasteiger partial charge in [0, 0.05) is 6.54 Å². The van der Waals surface area contributed by atoms with Gasteiger partial charge >= 0.3 is 0 Å². The highest BCUT2D eigenvalue weighted by molar-refractivity contribution is 5.83. The molecule has 2 N–H and O–H groups in total. The second-order valence-corrected chi connectivity index (χ2v) is 6.79. The van der Waals surface area contributed by atoms with E-state index >= 15 is 0 Å². The van der Waals surface area contributed by atoms with Crippen molar-refractivity contribution >= 4 is 28.0 Å². The SMILES string of the molecule is Fc1ccc2nc3n(c2c1)Cc1ccccc1[C@@H]3Nc1ncnc2nc[nH]c12. The predicted octanol–water partition coefficient (Wildman–Crippen LogP) is 3.40. The van der Waals surface area contributed by atoms with Gasteiger partial charge in [0.15, 0.2) is 11.5 Å². The van der Waals surface area contributed by atoms with Gasteiger partial charge in [0.1, 0.15) is 29.5 Å². The highest BCUT2D eigenvalue weighted by Crippen LogP contribution is 2.36. The highest BCUT2D eigenvalue weighted by Gasteiger charge is 2.29. The van der Waals surface area contributed by atoms with Gasteiger partial charge in [-0.2, -0.15) is 0 Å². The minimum Gasteiger partial charge on any atom is -0.354 e. The first-order chi connectivity index (χ1) is 13.8. The molecule has 0 radical (unpaired) electrons. The van der Waals surface area contributed by atoms with Crippen LogP contribution in [-0.4, -0.2) is 29.5 Å². The van der Waals surface area contributed by atoms with E-state index in [0.717, 1.165) is 33.5 Å². The Labute approximate surface area is 158 Å². The lowest BCUT2D eigenvalue weighted by Crippen LogP contribution is -2.25. The fraction of sp³-hybridized carbons (Fsp3) is 0.100. The maximum atomic E-state index is 13.9. The lowest BCUT2D eigenvalue weighted by Gasteiger charge is -2.28. The van der Waals surface area contributed by atoms with Crippen molar-refractivity contribution in [2.24, 2.45) is 0 Å². The van der Waals surface area contributed by atoms with Crippen LogP contribution in [0.3, 0.4) is 0 Å². The summed E-state index contributed by atoms with van der Waals surface area (Å²) in [7, 11) is 0. The molecule has 8 heteroatoms. The molecule has 3 aromatic heterocycles. The third-order valence-electron chi connectivity index (χ3n) is 5.20. The lowest BCUT2D eigenvalue weighted by atomic mass is 9.96. The van der Waals surface area contributed by atoms with Gasteiger partial charge in [0.25, 0.3) is 0 Å². The van der Waals surface area contributed by atoms with E-state index in [1.807, 2.05) is 12.1 Å². The van der Waals surface area contributed by atoms with E-state index in [2.05, 4.69) is 42.0 Å². The van der Waals surface area contributed by atoms with E-state index < -0.39 is 0 Å². The third-order valence-corrected chi connectivity index (χ3v) is 5.20. The predicted molar refractivity (Wildman–Crippen MR) is 102 cm³/mol. The van der Waals surface area contributed by atoms with E-state index in [9.17, 15) is 4.39 Å². The number of hydrogen-bond donors (Lipinski definition) is 2. The summed E-state index contributed by atoms with van der Waals surface area (Å²) in [5.41, 5.74) is 5.16. The van der Waals surface area contributed by atoms with Gasteiger partial charge in [-0.05, 0) is 29.3 Å². The first kappa shape index (κ1) is 15.3. The number of imidazole rings is 2. The number of H-pyrrole nitrogens is 1. The van der Waals surface area contributed by atoms with Crippen LogP contribution in [0.4, 0.5) is 10.2 Å². The second kappa shape index (κ2) is 5.59. The number of benzene rings is 2. The molecule has 0 unspecified atom stereocenters. The molecule has 136 valence electrons. The molecule has 0 aliphatic carbocycles. The number of nitrogens with one attached hydrogen (secondary N) is 2. The standard InChI is InChI=1S/C20H14FN7/c21-12-5-6-14-15(7-12)28-8-11-3-1-2-4-13(11)16(20(28)26-14)27-19-17-18(23-9-22-17)24-10-25-19/h1-7,9-10,16H,8H2,(H2,22,23,24,25,27)/t16-/m0/s1. The summed E-state index contributed by atoms with van der Waals surface area (Å²) in [5.74, 6) is 1.20. The molecule has 0 bridgehead atoms. The van der Waals surface area contributed by atoms with Gasteiger partial charge in [-0.1, -0.05) is 24.3 Å². The summed E-state index contributed by atoms with van der Waals surface area (Å²) in [5, 5.41) is 3.50. The summed E-state index contributed by atoms with van der Waals surface area (Å²) in [6.07, 6.45) is 3.08. The minimum absolute atomic E-state index is 0.234. The van der Waals surface area contributed by atoms with Crippen LogP contribution in [0.5, 0.6) is 0 Å². The first-order valence-electron chi connectivity index (χ1n) is 8.92. The zero-order valence-electron chi connectivity index (χ0n) is 14.6. The van der Waals surface area contributed by atoms with Gasteiger partial charge in [-0.15, -0.1) is 0 Å². The van der Waals surface area contributed by atoms with Crippen LogP contribution in [0.1, 0.15) is 23.0 Å². The Bertz CT molecular complexity index is 1350. The summed E-state index contributed by atoms with van der Waals surface area (Å²) >= 11 is 0. The smallest absolute Gasteiger partial charge is 0.182 e. The maximum Gasteiger partial charge on any atom is 0.182 e. The fourth-order valence-electron chi connectivity index (χ4n) is 3.92. The van der Waals surface area contributed by atoms with Crippen LogP contribution in [-0.2, 0) is 6.54 Å². The summed E-state index contributed by atoms with van der Waals surface area (Å²) < 4.78 is 15.9. The molecule has 1 atom stereocenters. The maximum absolute atomic E-state index is 13.9. The average molecular weight is 371 g/mol. The molecular weight excluding hydrogens is 357 g/mol. The Morgan fingerprint density at radius 3 is 3.00 bits per heavy atom. The zero-order chi connectivity index (χ0) is 18.7. The summed E-state index contributed by atoms with van der Waals surface area (Å²) in [6, 6.07) is 12.7. The van der Waals surface area contributed by atoms with E-state index in [1.54, 1.807) is 12.4 Å². The zero-order valence-corrected chi connectivity index (χ0v) is 14.6. The number of aromatic nitrogens is 6. The normalized spacial score (nSPS) is 15.5. The van der Waals surface area contributed by atoms with Crippen molar-refractivity contribution in [2.45, 2.75) is 12.6 Å². The largest absolute Gasteiger partial charge is 0.354 e. The molecule has 0 saturated carbocycles. The van der Waals surface area contributed by atoms with E-state index in [-0.39, 0.29) is 11.9 Å². The molecule has 0 saturated heterocycles. The number of aromatic amines is 1. The third kappa shape index (κ3) is 2.14. The van der Waals surface area contributed by atoms with Crippen LogP contribution in [0, 0.1) is 5.82 Å². The number of anilines is 1. The second-order valence-electron chi connectivity index (χ2n) is 6.79. The number of fused-ring (bicyclic) bond motifs is 5. The first-order valence-corrected chi connectivity index (χ1v) is 8.92. The highest BCUT2D eigenvalue weighted by atomic mass is 19.1. The van der Waals surface area contributed by atoms with Crippen LogP contribution in [0.2, 0.25) is 0 Å². The fourth-order valence-corrected chi connectivity index (χ4v) is 3.92. The van der Waals surface area contributed by atoms with Crippen molar-refractivity contribution in [3.05, 3.63) is 77.9 Å². The van der Waals surface area contributed by atoms with Crippen molar-refractivity contribution in [2.75, 3.05) is 5.32 Å². The number of halogens is 1. The Kier molecular flexibility index (Phi) is 3.05. The molecule has 0 amide bonds. The van der Waals surface area contributed by atoms with Gasteiger partial charge < -0.3 is 14.9 Å². The molecule has 4 heterocycles. The van der Waals surface area contributed by atoms with E-state index in [4.69, 9.17) is 4.98 Å². The minimum atomic E-state index is -0.270. The molecule has 28 heavy (non-hydrogen) atoms. The quantitative estimate of drug-likeness (QED) is 0.497. The molecule has 5 aromatic rings. The van der Waals surface area contributed by atoms with Crippen LogP contribution < -0.4 is 5.32 Å². The van der Waals surface area contributed by atoms with Gasteiger partial charge in [-0.3, -0.25) is 0 Å². The van der Waals surface area contributed by atoms with Crippen LogP contribution in [0.25, 0.3) is 22.2 Å². The Hall–Kier alpha value is -3.81. The van der Waals surface area contributed by atoms with Crippen molar-refractivity contribution in [1.29, 1.82) is 0 Å². The van der Waals surface area contributed by atoms with Crippen molar-refractivity contribution in [3.8, 4) is 0 Å². The van der Waals surface area contributed by atoms with Crippen LogP contribution in [0.15, 0.2) is 55.1 Å². The molecule has 0 fully saturated rings. The van der Waals surface area contributed by atoms with Gasteiger partial charge in [-0.25, -0.2) is 24.3 Å². The molecule has 6 rings (SSSR count). The average Bonchev–Trinajstić information content (AvgIpc) is 3.33. The van der Waals surface area contributed by atoms with Crippen molar-refractivity contribution < 1.29 is 4.39 Å². The number of nitrogens with zero attached hydrogens (tertiary/aromatic N) is 5. The monoisotopic (exact) mass is 371 g/mol. The van der Waals surface area contributed by atoms with Crippen molar-refractivity contribution in [3.63, 3.8) is 0 Å². The molecule has 7 nitrogen and oxygen atoms in total. The Morgan fingerprint density at radius 1 is 1.11 bits per heavy atom. The van der Waals surface area contributed by atoms with E-state index in [1.165, 1.54) is 18.5 Å². The van der Waals surface area contributed by atoms with Crippen LogP contribution >= 0.6 is 0 Å². The number of hydrogen-bond acceptors (Lipinski definition) is 5. The molecule has 1 aliphatic rings. The van der Waals surface area contributed by atoms with E-state index in [0.29, 0.717) is 18.0 Å². The molecule has 1 aliphatic heterocycles. The number of rotatable bonds is 2. The molecule has 0 spiro atoms. The Balaban J connectivity index is 1.57. The summed E-state index contributed by atoms with van der Waals surface area (Å²) in [4.78, 5) is 20.7. The Morgan fingerprint density at radius 2 is 2.04 bits per heavy atom. The summed E-state index contributed by atoms with van der Waals surface area (Å²) in [6.45, 7) is 0.646. The topological polar surface area (TPSA) is 84.3 Å². The lowest BCUT2D eigenvalue weighted by molar-refractivity contribution is 0.626. The molecular formula is C20H14FN7. The van der Waals surface area contributed by atoms with Gasteiger partial charge in [0.2, 0.25) is 0 Å².